The van der Waals surface area contributed by atoms with Crippen LogP contribution >= 0.6 is 0 Å². The first-order valence-corrected chi connectivity index (χ1v) is 6.25. The average Bonchev–Trinajstić information content (AvgIpc) is 2.74. The standard InChI is InChI=1S/C12H19NO4/c14-10(3-4-11(15)16)13-7-8-17-12(9-13)5-1-2-6-12/h1-9H2,(H,15,16). The average molecular weight is 241 g/mol. The third kappa shape index (κ3) is 2.97. The van der Waals surface area contributed by atoms with Crippen molar-refractivity contribution in [2.45, 2.75) is 44.1 Å². The molecule has 1 aliphatic carbocycles. The van der Waals surface area contributed by atoms with E-state index in [0.29, 0.717) is 19.7 Å². The molecule has 1 spiro atoms. The molecule has 1 amide bonds. The van der Waals surface area contributed by atoms with Gasteiger partial charge in [0.2, 0.25) is 5.91 Å². The molecule has 0 atom stereocenters. The smallest absolute Gasteiger partial charge is 0.303 e. The van der Waals surface area contributed by atoms with Crippen LogP contribution in [0.4, 0.5) is 0 Å². The van der Waals surface area contributed by atoms with E-state index in [2.05, 4.69) is 0 Å². The molecule has 5 heteroatoms. The lowest BCUT2D eigenvalue weighted by atomic mass is 9.99. The van der Waals surface area contributed by atoms with Gasteiger partial charge < -0.3 is 14.7 Å². The van der Waals surface area contributed by atoms with Crippen LogP contribution in [-0.2, 0) is 14.3 Å². The van der Waals surface area contributed by atoms with Crippen LogP contribution in [-0.4, -0.2) is 47.2 Å². The molecular formula is C12H19NO4. The van der Waals surface area contributed by atoms with E-state index < -0.39 is 5.97 Å². The fourth-order valence-electron chi connectivity index (χ4n) is 2.75. The Balaban J connectivity index is 1.88. The predicted octanol–water partition coefficient (Wildman–Crippen LogP) is 1.02. The number of hydrogen-bond acceptors (Lipinski definition) is 3. The van der Waals surface area contributed by atoms with Crippen molar-refractivity contribution in [2.75, 3.05) is 19.7 Å². The van der Waals surface area contributed by atoms with Gasteiger partial charge >= 0.3 is 5.97 Å². The summed E-state index contributed by atoms with van der Waals surface area (Å²) in [7, 11) is 0. The van der Waals surface area contributed by atoms with Gasteiger partial charge in [0, 0.05) is 19.5 Å². The first-order chi connectivity index (χ1) is 8.11. The van der Waals surface area contributed by atoms with Crippen molar-refractivity contribution in [2.24, 2.45) is 0 Å². The lowest BCUT2D eigenvalue weighted by molar-refractivity contribution is -0.151. The molecule has 1 aliphatic heterocycles. The van der Waals surface area contributed by atoms with Gasteiger partial charge in [-0.1, -0.05) is 12.8 Å². The van der Waals surface area contributed by atoms with E-state index in [1.165, 1.54) is 0 Å². The van der Waals surface area contributed by atoms with E-state index in [1.807, 2.05) is 0 Å². The Hall–Kier alpha value is -1.10. The van der Waals surface area contributed by atoms with Gasteiger partial charge in [0.05, 0.1) is 18.6 Å². The van der Waals surface area contributed by atoms with Crippen molar-refractivity contribution < 1.29 is 19.4 Å². The van der Waals surface area contributed by atoms with Crippen molar-refractivity contribution in [3.8, 4) is 0 Å². The minimum Gasteiger partial charge on any atom is -0.481 e. The van der Waals surface area contributed by atoms with Crippen LogP contribution in [0.25, 0.3) is 0 Å². The fraction of sp³-hybridized carbons (Fsp3) is 0.833. The van der Waals surface area contributed by atoms with Gasteiger partial charge in [-0.2, -0.15) is 0 Å². The number of aliphatic carboxylic acids is 1. The quantitative estimate of drug-likeness (QED) is 0.801. The van der Waals surface area contributed by atoms with Crippen molar-refractivity contribution in [3.05, 3.63) is 0 Å². The molecule has 96 valence electrons. The lowest BCUT2D eigenvalue weighted by Gasteiger charge is -2.40. The minimum absolute atomic E-state index is 0.0537. The summed E-state index contributed by atoms with van der Waals surface area (Å²) in [4.78, 5) is 24.1. The highest BCUT2D eigenvalue weighted by molar-refractivity contribution is 5.80. The number of carboxylic acids is 1. The number of rotatable bonds is 3. The Morgan fingerprint density at radius 3 is 2.59 bits per heavy atom. The van der Waals surface area contributed by atoms with Gasteiger partial charge in [-0.15, -0.1) is 0 Å². The molecule has 1 heterocycles. The number of hydrogen-bond donors (Lipinski definition) is 1. The molecular weight excluding hydrogens is 222 g/mol. The highest BCUT2D eigenvalue weighted by Crippen LogP contribution is 2.35. The Morgan fingerprint density at radius 1 is 1.24 bits per heavy atom. The van der Waals surface area contributed by atoms with Crippen LogP contribution in [0.2, 0.25) is 0 Å². The predicted molar refractivity (Wildman–Crippen MR) is 60.6 cm³/mol. The number of morpholine rings is 1. The Kier molecular flexibility index (Phi) is 3.66. The van der Waals surface area contributed by atoms with Crippen LogP contribution < -0.4 is 0 Å². The van der Waals surface area contributed by atoms with E-state index >= 15 is 0 Å². The molecule has 2 rings (SSSR count). The molecule has 0 aromatic heterocycles. The molecule has 0 radical (unpaired) electrons. The van der Waals surface area contributed by atoms with Crippen LogP contribution in [0.15, 0.2) is 0 Å². The number of nitrogens with zero attached hydrogens (tertiary/aromatic N) is 1. The van der Waals surface area contributed by atoms with Gasteiger partial charge in [-0.3, -0.25) is 9.59 Å². The SMILES string of the molecule is O=C(O)CCC(=O)N1CCOC2(CCCC2)C1. The molecule has 0 unspecified atom stereocenters. The molecule has 0 bridgehead atoms. The first kappa shape index (κ1) is 12.4. The second-order valence-electron chi connectivity index (χ2n) is 4.95. The second-order valence-corrected chi connectivity index (χ2v) is 4.95. The lowest BCUT2D eigenvalue weighted by Crippen LogP contribution is -2.52. The maximum Gasteiger partial charge on any atom is 0.303 e. The van der Waals surface area contributed by atoms with Gasteiger partial charge in [-0.05, 0) is 12.8 Å². The van der Waals surface area contributed by atoms with Crippen molar-refractivity contribution >= 4 is 11.9 Å². The summed E-state index contributed by atoms with van der Waals surface area (Å²) in [6.07, 6.45) is 4.40. The molecule has 1 saturated carbocycles. The summed E-state index contributed by atoms with van der Waals surface area (Å²) in [5.41, 5.74) is -0.128. The fourth-order valence-corrected chi connectivity index (χ4v) is 2.75. The number of carboxylic acid groups (broad SMARTS) is 1. The molecule has 1 N–H and O–H groups in total. The number of carbonyl (C=O) groups is 2. The van der Waals surface area contributed by atoms with Crippen LogP contribution in [0.1, 0.15) is 38.5 Å². The Labute approximate surface area is 101 Å². The normalized spacial score (nSPS) is 22.9. The topological polar surface area (TPSA) is 66.8 Å². The molecule has 1 saturated heterocycles. The number of carbonyl (C=O) groups excluding carboxylic acids is 1. The van der Waals surface area contributed by atoms with Gasteiger partial charge in [0.25, 0.3) is 0 Å². The second kappa shape index (κ2) is 5.04. The minimum atomic E-state index is -0.915. The van der Waals surface area contributed by atoms with E-state index in [1.54, 1.807) is 4.90 Å². The molecule has 5 nitrogen and oxygen atoms in total. The third-order valence-electron chi connectivity index (χ3n) is 3.67. The van der Waals surface area contributed by atoms with Crippen molar-refractivity contribution in [1.82, 2.24) is 4.90 Å². The molecule has 2 fully saturated rings. The zero-order valence-corrected chi connectivity index (χ0v) is 9.98. The van der Waals surface area contributed by atoms with Crippen LogP contribution in [0.3, 0.4) is 0 Å². The molecule has 0 aromatic rings. The summed E-state index contributed by atoms with van der Waals surface area (Å²) < 4.78 is 5.82. The summed E-state index contributed by atoms with van der Waals surface area (Å²) in [6, 6.07) is 0. The highest BCUT2D eigenvalue weighted by Gasteiger charge is 2.40. The molecule has 2 aliphatic rings. The monoisotopic (exact) mass is 241 g/mol. The summed E-state index contributed by atoms with van der Waals surface area (Å²) >= 11 is 0. The molecule has 17 heavy (non-hydrogen) atoms. The Bertz CT molecular complexity index is 310. The zero-order chi connectivity index (χ0) is 12.3. The van der Waals surface area contributed by atoms with Gasteiger partial charge in [0.1, 0.15) is 0 Å². The van der Waals surface area contributed by atoms with E-state index in [9.17, 15) is 9.59 Å². The highest BCUT2D eigenvalue weighted by atomic mass is 16.5. The number of amides is 1. The van der Waals surface area contributed by atoms with E-state index in [0.717, 1.165) is 25.7 Å². The summed E-state index contributed by atoms with van der Waals surface area (Å²) in [5, 5.41) is 8.57. The molecule has 0 aromatic carbocycles. The van der Waals surface area contributed by atoms with Gasteiger partial charge in [-0.25, -0.2) is 0 Å². The van der Waals surface area contributed by atoms with Crippen molar-refractivity contribution in [3.63, 3.8) is 0 Å². The third-order valence-corrected chi connectivity index (χ3v) is 3.67. The van der Waals surface area contributed by atoms with Crippen molar-refractivity contribution in [1.29, 1.82) is 0 Å². The maximum absolute atomic E-state index is 11.8. The summed E-state index contributed by atoms with van der Waals surface area (Å²) in [5.74, 6) is -0.968. The Morgan fingerprint density at radius 2 is 1.94 bits per heavy atom. The summed E-state index contributed by atoms with van der Waals surface area (Å²) in [6.45, 7) is 1.82. The first-order valence-electron chi connectivity index (χ1n) is 6.25. The van der Waals surface area contributed by atoms with E-state index in [4.69, 9.17) is 9.84 Å². The number of ether oxygens (including phenoxy) is 1. The van der Waals surface area contributed by atoms with Crippen LogP contribution in [0.5, 0.6) is 0 Å². The zero-order valence-electron chi connectivity index (χ0n) is 9.98. The van der Waals surface area contributed by atoms with Crippen LogP contribution in [0, 0.1) is 0 Å². The largest absolute Gasteiger partial charge is 0.481 e. The van der Waals surface area contributed by atoms with E-state index in [-0.39, 0.29) is 24.3 Å². The maximum atomic E-state index is 11.8. The van der Waals surface area contributed by atoms with Gasteiger partial charge in [0.15, 0.2) is 0 Å².